The molecule has 2 unspecified atom stereocenters. The first-order chi connectivity index (χ1) is 9.24. The van der Waals surface area contributed by atoms with Crippen molar-refractivity contribution in [2.24, 2.45) is 11.7 Å². The number of anilines is 1. The maximum Gasteiger partial charge on any atom is 0.227 e. The molecule has 0 bridgehead atoms. The minimum atomic E-state index is 0.0435. The number of aromatic nitrogens is 1. The second kappa shape index (κ2) is 4.97. The first-order valence-electron chi connectivity index (χ1n) is 6.64. The molecule has 1 fully saturated rings. The van der Waals surface area contributed by atoms with Crippen molar-refractivity contribution >= 4 is 22.5 Å². The van der Waals surface area contributed by atoms with Crippen molar-refractivity contribution in [2.75, 3.05) is 5.32 Å². The second-order valence-corrected chi connectivity index (χ2v) is 5.13. The fraction of sp³-hybridized carbons (Fsp3) is 0.333. The van der Waals surface area contributed by atoms with Crippen molar-refractivity contribution in [1.82, 2.24) is 4.98 Å². The van der Waals surface area contributed by atoms with Crippen LogP contribution < -0.4 is 11.1 Å². The molecule has 1 saturated carbocycles. The first kappa shape index (κ1) is 12.1. The van der Waals surface area contributed by atoms with Crippen LogP contribution in [0.2, 0.25) is 0 Å². The summed E-state index contributed by atoms with van der Waals surface area (Å²) in [6, 6.07) is 9.78. The van der Waals surface area contributed by atoms with E-state index < -0.39 is 0 Å². The van der Waals surface area contributed by atoms with Crippen molar-refractivity contribution in [1.29, 1.82) is 0 Å². The van der Waals surface area contributed by atoms with Crippen LogP contribution in [-0.2, 0) is 4.79 Å². The predicted molar refractivity (Wildman–Crippen MR) is 75.7 cm³/mol. The van der Waals surface area contributed by atoms with Crippen molar-refractivity contribution in [3.63, 3.8) is 0 Å². The zero-order valence-electron chi connectivity index (χ0n) is 10.7. The van der Waals surface area contributed by atoms with E-state index >= 15 is 0 Å². The van der Waals surface area contributed by atoms with E-state index in [4.69, 9.17) is 5.73 Å². The molecule has 98 valence electrons. The quantitative estimate of drug-likeness (QED) is 0.865. The van der Waals surface area contributed by atoms with Gasteiger partial charge in [0.15, 0.2) is 0 Å². The maximum atomic E-state index is 12.2. The number of nitrogens with zero attached hydrogens (tertiary/aromatic N) is 1. The molecule has 1 amide bonds. The Bertz CT molecular complexity index is 606. The number of nitrogens with two attached hydrogens (primary N) is 1. The smallest absolute Gasteiger partial charge is 0.227 e. The van der Waals surface area contributed by atoms with Crippen LogP contribution in [-0.4, -0.2) is 16.9 Å². The van der Waals surface area contributed by atoms with Crippen molar-refractivity contribution in [3.8, 4) is 0 Å². The van der Waals surface area contributed by atoms with Gasteiger partial charge in [-0.25, -0.2) is 0 Å². The Kier molecular flexibility index (Phi) is 3.17. The molecule has 0 radical (unpaired) electrons. The van der Waals surface area contributed by atoms with Gasteiger partial charge in [-0.2, -0.15) is 0 Å². The molecule has 1 aliphatic rings. The highest BCUT2D eigenvalue weighted by molar-refractivity contribution is 6.01. The summed E-state index contributed by atoms with van der Waals surface area (Å²) >= 11 is 0. The molecular formula is C15H17N3O. The van der Waals surface area contributed by atoms with Crippen LogP contribution in [0, 0.1) is 5.92 Å². The number of fused-ring (bicyclic) bond motifs is 1. The number of carbonyl (C=O) groups excluding carboxylic acids is 1. The van der Waals surface area contributed by atoms with Gasteiger partial charge >= 0.3 is 0 Å². The highest BCUT2D eigenvalue weighted by atomic mass is 16.1. The summed E-state index contributed by atoms with van der Waals surface area (Å²) in [5, 5.41) is 3.99. The molecule has 2 aromatic rings. The van der Waals surface area contributed by atoms with Gasteiger partial charge in [0.2, 0.25) is 5.91 Å². The van der Waals surface area contributed by atoms with Crippen LogP contribution in [0.3, 0.4) is 0 Å². The number of pyridine rings is 1. The fourth-order valence-electron chi connectivity index (χ4n) is 2.70. The van der Waals surface area contributed by atoms with E-state index in [1.807, 2.05) is 30.3 Å². The average molecular weight is 255 g/mol. The molecule has 3 rings (SSSR count). The summed E-state index contributed by atoms with van der Waals surface area (Å²) < 4.78 is 0. The highest BCUT2D eigenvalue weighted by Crippen LogP contribution is 2.27. The summed E-state index contributed by atoms with van der Waals surface area (Å²) in [4.78, 5) is 16.5. The first-order valence-corrected chi connectivity index (χ1v) is 6.64. The zero-order valence-corrected chi connectivity index (χ0v) is 10.7. The highest BCUT2D eigenvalue weighted by Gasteiger charge is 2.27. The second-order valence-electron chi connectivity index (χ2n) is 5.13. The van der Waals surface area contributed by atoms with E-state index in [1.165, 1.54) is 0 Å². The third-order valence-corrected chi connectivity index (χ3v) is 3.75. The maximum absolute atomic E-state index is 12.2. The third-order valence-electron chi connectivity index (χ3n) is 3.75. The summed E-state index contributed by atoms with van der Waals surface area (Å²) in [6.07, 6.45) is 4.37. The molecule has 0 spiro atoms. The molecule has 1 aliphatic carbocycles. The lowest BCUT2D eigenvalue weighted by Crippen LogP contribution is -2.23. The average Bonchev–Trinajstić information content (AvgIpc) is 2.86. The normalized spacial score (nSPS) is 22.6. The zero-order chi connectivity index (χ0) is 13.2. The lowest BCUT2D eigenvalue weighted by atomic mass is 10.1. The monoisotopic (exact) mass is 255 g/mol. The van der Waals surface area contributed by atoms with Crippen molar-refractivity contribution in [2.45, 2.75) is 25.3 Å². The van der Waals surface area contributed by atoms with Crippen molar-refractivity contribution in [3.05, 3.63) is 36.5 Å². The Labute approximate surface area is 112 Å². The number of carbonyl (C=O) groups is 1. The van der Waals surface area contributed by atoms with Gasteiger partial charge in [0.05, 0.1) is 11.2 Å². The molecule has 1 aromatic carbocycles. The van der Waals surface area contributed by atoms with E-state index in [9.17, 15) is 4.79 Å². The van der Waals surface area contributed by atoms with Gasteiger partial charge in [-0.15, -0.1) is 0 Å². The van der Waals surface area contributed by atoms with E-state index in [1.54, 1.807) is 6.20 Å². The van der Waals surface area contributed by atoms with Gasteiger partial charge in [0.1, 0.15) is 0 Å². The summed E-state index contributed by atoms with van der Waals surface area (Å²) in [5.41, 5.74) is 7.58. The Morgan fingerprint density at radius 1 is 1.26 bits per heavy atom. The number of benzene rings is 1. The number of nitrogens with one attached hydrogen (secondary N) is 1. The van der Waals surface area contributed by atoms with Crippen LogP contribution >= 0.6 is 0 Å². The van der Waals surface area contributed by atoms with E-state index in [0.717, 1.165) is 35.9 Å². The third kappa shape index (κ3) is 2.44. The Morgan fingerprint density at radius 3 is 2.95 bits per heavy atom. The summed E-state index contributed by atoms with van der Waals surface area (Å²) in [5.74, 6) is 0.117. The number of hydrogen-bond donors (Lipinski definition) is 2. The summed E-state index contributed by atoms with van der Waals surface area (Å²) in [6.45, 7) is 0. The van der Waals surface area contributed by atoms with Crippen LogP contribution in [0.4, 0.5) is 5.69 Å². The van der Waals surface area contributed by atoms with Crippen LogP contribution in [0.25, 0.3) is 10.9 Å². The van der Waals surface area contributed by atoms with E-state index in [2.05, 4.69) is 10.3 Å². The van der Waals surface area contributed by atoms with Crippen LogP contribution in [0.15, 0.2) is 36.5 Å². The lowest BCUT2D eigenvalue weighted by molar-refractivity contribution is -0.119. The molecule has 1 aromatic heterocycles. The predicted octanol–water partition coefficient (Wildman–Crippen LogP) is 2.30. The minimum Gasteiger partial charge on any atom is -0.328 e. The molecule has 4 heteroatoms. The van der Waals surface area contributed by atoms with Gasteiger partial charge < -0.3 is 11.1 Å². The Hall–Kier alpha value is -1.94. The van der Waals surface area contributed by atoms with Crippen LogP contribution in [0.1, 0.15) is 19.3 Å². The Morgan fingerprint density at radius 2 is 2.16 bits per heavy atom. The fourth-order valence-corrected chi connectivity index (χ4v) is 2.70. The Balaban J connectivity index is 1.83. The van der Waals surface area contributed by atoms with Gasteiger partial charge in [-0.1, -0.05) is 6.07 Å². The minimum absolute atomic E-state index is 0.0435. The standard InChI is InChI=1S/C15H17N3O/c16-11-7-6-10(9-11)15(19)18-14-5-1-4-13-12(14)3-2-8-17-13/h1-5,8,10-11H,6-7,9,16H2,(H,18,19). The molecule has 2 atom stereocenters. The lowest BCUT2D eigenvalue weighted by Gasteiger charge is -2.12. The molecule has 1 heterocycles. The molecule has 19 heavy (non-hydrogen) atoms. The molecule has 0 aliphatic heterocycles. The molecule has 4 nitrogen and oxygen atoms in total. The van der Waals surface area contributed by atoms with E-state index in [0.29, 0.717) is 0 Å². The number of rotatable bonds is 2. The van der Waals surface area contributed by atoms with Gasteiger partial charge in [0, 0.05) is 23.5 Å². The summed E-state index contributed by atoms with van der Waals surface area (Å²) in [7, 11) is 0. The van der Waals surface area contributed by atoms with Crippen molar-refractivity contribution < 1.29 is 4.79 Å². The molecule has 3 N–H and O–H groups in total. The van der Waals surface area contributed by atoms with Gasteiger partial charge in [-0.05, 0) is 43.5 Å². The molecule has 0 saturated heterocycles. The molecular weight excluding hydrogens is 238 g/mol. The van der Waals surface area contributed by atoms with Gasteiger partial charge in [0.25, 0.3) is 0 Å². The van der Waals surface area contributed by atoms with Crippen LogP contribution in [0.5, 0.6) is 0 Å². The SMILES string of the molecule is NC1CCC(C(=O)Nc2cccc3ncccc23)C1. The number of amides is 1. The van der Waals surface area contributed by atoms with E-state index in [-0.39, 0.29) is 17.9 Å². The van der Waals surface area contributed by atoms with Gasteiger partial charge in [-0.3, -0.25) is 9.78 Å². The largest absolute Gasteiger partial charge is 0.328 e. The topological polar surface area (TPSA) is 68.0 Å². The number of hydrogen-bond acceptors (Lipinski definition) is 3.